The van der Waals surface area contributed by atoms with Crippen molar-refractivity contribution in [1.82, 2.24) is 9.97 Å². The normalized spacial score (nSPS) is 10.2. The molecule has 92 valence electrons. The molecule has 0 aliphatic carbocycles. The Labute approximate surface area is 114 Å². The van der Waals surface area contributed by atoms with Gasteiger partial charge in [-0.15, -0.1) is 0 Å². The number of aromatic nitrogens is 2. The number of nitrogens with zero attached hydrogens (tertiary/aromatic N) is 2. The van der Waals surface area contributed by atoms with Gasteiger partial charge in [-0.25, -0.2) is 4.98 Å². The van der Waals surface area contributed by atoms with Crippen LogP contribution in [0.15, 0.2) is 30.6 Å². The maximum absolute atomic E-state index is 12.0. The lowest BCUT2D eigenvalue weighted by molar-refractivity contribution is 0.102. The Bertz CT molecular complexity index is 602. The first-order valence-corrected chi connectivity index (χ1v) is 5.87. The van der Waals surface area contributed by atoms with Crippen molar-refractivity contribution in [3.63, 3.8) is 0 Å². The Morgan fingerprint density at radius 1 is 1.28 bits per heavy atom. The summed E-state index contributed by atoms with van der Waals surface area (Å²) in [6.45, 7) is 1.83. The van der Waals surface area contributed by atoms with Crippen molar-refractivity contribution in [1.29, 1.82) is 0 Å². The fraction of sp³-hybridized carbons (Fsp3) is 0.0833. The summed E-state index contributed by atoms with van der Waals surface area (Å²) >= 11 is 11.5. The van der Waals surface area contributed by atoms with Gasteiger partial charge in [0.05, 0.1) is 12.4 Å². The van der Waals surface area contributed by atoms with E-state index in [1.165, 1.54) is 12.4 Å². The zero-order valence-electron chi connectivity index (χ0n) is 9.45. The van der Waals surface area contributed by atoms with Gasteiger partial charge in [0.15, 0.2) is 5.82 Å². The van der Waals surface area contributed by atoms with Gasteiger partial charge in [0.25, 0.3) is 5.91 Å². The van der Waals surface area contributed by atoms with E-state index in [9.17, 15) is 4.79 Å². The molecule has 0 saturated carbocycles. The number of anilines is 1. The summed E-state index contributed by atoms with van der Waals surface area (Å²) in [5.74, 6) is -0.00144. The van der Waals surface area contributed by atoms with Gasteiger partial charge in [-0.1, -0.05) is 29.3 Å². The fourth-order valence-corrected chi connectivity index (χ4v) is 1.74. The predicted octanol–water partition coefficient (Wildman–Crippen LogP) is 3.34. The molecular formula is C12H9Cl2N3O. The number of nitrogens with one attached hydrogen (secondary N) is 1. The van der Waals surface area contributed by atoms with Crippen LogP contribution in [0.25, 0.3) is 0 Å². The van der Waals surface area contributed by atoms with Crippen molar-refractivity contribution >= 4 is 34.9 Å². The highest BCUT2D eigenvalue weighted by Gasteiger charge is 2.10. The highest BCUT2D eigenvalue weighted by Crippen LogP contribution is 2.17. The second kappa shape index (κ2) is 5.33. The number of halogens is 2. The van der Waals surface area contributed by atoms with E-state index in [0.29, 0.717) is 16.4 Å². The Balaban J connectivity index is 2.24. The summed E-state index contributed by atoms with van der Waals surface area (Å²) < 4.78 is 0. The van der Waals surface area contributed by atoms with Crippen LogP contribution in [0.1, 0.15) is 15.9 Å². The van der Waals surface area contributed by atoms with Crippen molar-refractivity contribution in [3.05, 3.63) is 51.9 Å². The van der Waals surface area contributed by atoms with Crippen LogP contribution in [-0.2, 0) is 0 Å². The van der Waals surface area contributed by atoms with E-state index in [4.69, 9.17) is 23.2 Å². The van der Waals surface area contributed by atoms with Gasteiger partial charge in [0, 0.05) is 10.6 Å². The molecule has 1 aromatic heterocycles. The molecule has 2 aromatic rings. The average Bonchev–Trinajstić information content (AvgIpc) is 2.32. The molecule has 0 spiro atoms. The van der Waals surface area contributed by atoms with E-state index in [1.807, 2.05) is 6.92 Å². The number of carbonyl (C=O) groups excluding carboxylic acids is 1. The predicted molar refractivity (Wildman–Crippen MR) is 71.2 cm³/mol. The number of hydrogen-bond acceptors (Lipinski definition) is 3. The molecule has 0 bridgehead atoms. The van der Waals surface area contributed by atoms with E-state index in [-0.39, 0.29) is 11.1 Å². The van der Waals surface area contributed by atoms with Gasteiger partial charge in [-0.3, -0.25) is 9.78 Å². The standard InChI is InChI=1S/C12H9Cl2N3O/c1-7-2-3-8(13)4-9(7)12(18)17-11-6-15-5-10(14)16-11/h2-6H,1H3,(H,16,17,18). The molecule has 1 N–H and O–H groups in total. The minimum atomic E-state index is -0.299. The van der Waals surface area contributed by atoms with E-state index in [2.05, 4.69) is 15.3 Å². The molecule has 6 heteroatoms. The number of carbonyl (C=O) groups is 1. The van der Waals surface area contributed by atoms with Gasteiger partial charge in [-0.2, -0.15) is 0 Å². The molecule has 1 heterocycles. The average molecular weight is 282 g/mol. The smallest absolute Gasteiger partial charge is 0.257 e. The lowest BCUT2D eigenvalue weighted by Gasteiger charge is -2.07. The largest absolute Gasteiger partial charge is 0.305 e. The summed E-state index contributed by atoms with van der Waals surface area (Å²) in [6.07, 6.45) is 2.81. The van der Waals surface area contributed by atoms with Gasteiger partial charge < -0.3 is 5.32 Å². The number of aryl methyl sites for hydroxylation is 1. The van der Waals surface area contributed by atoms with Crippen LogP contribution in [0.4, 0.5) is 5.82 Å². The van der Waals surface area contributed by atoms with E-state index < -0.39 is 0 Å². The molecular weight excluding hydrogens is 273 g/mol. The van der Waals surface area contributed by atoms with Gasteiger partial charge in [0.2, 0.25) is 0 Å². The summed E-state index contributed by atoms with van der Waals surface area (Å²) in [5.41, 5.74) is 1.32. The van der Waals surface area contributed by atoms with E-state index >= 15 is 0 Å². The quantitative estimate of drug-likeness (QED) is 0.919. The van der Waals surface area contributed by atoms with Crippen LogP contribution in [-0.4, -0.2) is 15.9 Å². The monoisotopic (exact) mass is 281 g/mol. The van der Waals surface area contributed by atoms with Crippen molar-refractivity contribution in [2.45, 2.75) is 6.92 Å². The molecule has 18 heavy (non-hydrogen) atoms. The third kappa shape index (κ3) is 2.97. The molecule has 0 saturated heterocycles. The number of amides is 1. The zero-order chi connectivity index (χ0) is 13.1. The molecule has 1 amide bonds. The minimum Gasteiger partial charge on any atom is -0.305 e. The highest BCUT2D eigenvalue weighted by molar-refractivity contribution is 6.31. The van der Waals surface area contributed by atoms with Gasteiger partial charge >= 0.3 is 0 Å². The molecule has 0 fully saturated rings. The molecule has 2 rings (SSSR count). The minimum absolute atomic E-state index is 0.218. The van der Waals surface area contributed by atoms with Crippen molar-refractivity contribution < 1.29 is 4.79 Å². The maximum Gasteiger partial charge on any atom is 0.257 e. The van der Waals surface area contributed by atoms with Crippen LogP contribution in [0, 0.1) is 6.92 Å². The first kappa shape index (κ1) is 12.8. The summed E-state index contributed by atoms with van der Waals surface area (Å²) in [4.78, 5) is 19.8. The molecule has 4 nitrogen and oxygen atoms in total. The number of benzene rings is 1. The van der Waals surface area contributed by atoms with Crippen LogP contribution >= 0.6 is 23.2 Å². The molecule has 0 atom stereocenters. The second-order valence-electron chi connectivity index (χ2n) is 3.64. The molecule has 0 unspecified atom stereocenters. The second-order valence-corrected chi connectivity index (χ2v) is 4.46. The Kier molecular flexibility index (Phi) is 3.79. The molecule has 0 radical (unpaired) electrons. The molecule has 0 aliphatic rings. The molecule has 0 aliphatic heterocycles. The van der Waals surface area contributed by atoms with Crippen LogP contribution in [0.2, 0.25) is 10.2 Å². The third-order valence-electron chi connectivity index (χ3n) is 2.29. The summed E-state index contributed by atoms with van der Waals surface area (Å²) in [7, 11) is 0. The van der Waals surface area contributed by atoms with Crippen molar-refractivity contribution in [2.24, 2.45) is 0 Å². The van der Waals surface area contributed by atoms with Gasteiger partial charge in [-0.05, 0) is 24.6 Å². The Hall–Kier alpha value is -1.65. The fourth-order valence-electron chi connectivity index (χ4n) is 1.42. The topological polar surface area (TPSA) is 54.9 Å². The van der Waals surface area contributed by atoms with Crippen LogP contribution in [0.5, 0.6) is 0 Å². The summed E-state index contributed by atoms with van der Waals surface area (Å²) in [5, 5.41) is 3.33. The van der Waals surface area contributed by atoms with Crippen molar-refractivity contribution in [2.75, 3.05) is 5.32 Å². The SMILES string of the molecule is Cc1ccc(Cl)cc1C(=O)Nc1cncc(Cl)n1. The number of hydrogen-bond donors (Lipinski definition) is 1. The zero-order valence-corrected chi connectivity index (χ0v) is 11.0. The number of rotatable bonds is 2. The van der Waals surface area contributed by atoms with E-state index in [1.54, 1.807) is 18.2 Å². The van der Waals surface area contributed by atoms with Crippen molar-refractivity contribution in [3.8, 4) is 0 Å². The lowest BCUT2D eigenvalue weighted by atomic mass is 10.1. The van der Waals surface area contributed by atoms with Crippen LogP contribution in [0.3, 0.4) is 0 Å². The van der Waals surface area contributed by atoms with Gasteiger partial charge in [0.1, 0.15) is 5.15 Å². The van der Waals surface area contributed by atoms with E-state index in [0.717, 1.165) is 5.56 Å². The first-order chi connectivity index (χ1) is 8.56. The van der Waals surface area contributed by atoms with Crippen LogP contribution < -0.4 is 5.32 Å². The summed E-state index contributed by atoms with van der Waals surface area (Å²) in [6, 6.07) is 5.11. The third-order valence-corrected chi connectivity index (χ3v) is 2.71. The highest BCUT2D eigenvalue weighted by atomic mass is 35.5. The molecule has 1 aromatic carbocycles. The Morgan fingerprint density at radius 3 is 2.78 bits per heavy atom. The Morgan fingerprint density at radius 2 is 2.06 bits per heavy atom. The maximum atomic E-state index is 12.0. The lowest BCUT2D eigenvalue weighted by Crippen LogP contribution is -2.14. The first-order valence-electron chi connectivity index (χ1n) is 5.11.